The van der Waals surface area contributed by atoms with E-state index in [-0.39, 0.29) is 0 Å². The summed E-state index contributed by atoms with van der Waals surface area (Å²) in [5.41, 5.74) is 3.47. The molecule has 0 amide bonds. The normalized spacial score (nSPS) is 12.0. The van der Waals surface area contributed by atoms with Gasteiger partial charge in [-0.2, -0.15) is 10.5 Å². The van der Waals surface area contributed by atoms with Gasteiger partial charge in [0.15, 0.2) is 0 Å². The molecule has 1 aromatic rings. The van der Waals surface area contributed by atoms with E-state index < -0.39 is 0 Å². The molecular formula is C7H6N2S. The molecule has 0 aromatic carbocycles. The van der Waals surface area contributed by atoms with Gasteiger partial charge in [0.1, 0.15) is 0 Å². The fraction of sp³-hybridized carbons (Fsp3) is 0. The van der Waals surface area contributed by atoms with Gasteiger partial charge in [-0.25, -0.2) is 0 Å². The molecule has 0 unspecified atom stereocenters. The highest BCUT2D eigenvalue weighted by atomic mass is 32.1. The van der Waals surface area contributed by atoms with E-state index in [1.165, 1.54) is 0 Å². The zero-order valence-corrected chi connectivity index (χ0v) is 6.08. The van der Waals surface area contributed by atoms with Crippen molar-refractivity contribution >= 4 is 17.6 Å². The summed E-state index contributed by atoms with van der Waals surface area (Å²) in [5.74, 6) is 0. The zero-order valence-electron chi connectivity index (χ0n) is 5.27. The van der Waals surface area contributed by atoms with Gasteiger partial charge in [-0.05, 0) is 17.5 Å². The minimum atomic E-state index is 1.59. The molecule has 0 fully saturated rings. The number of nitrogens with zero attached hydrogens (tertiary/aromatic N) is 2. The summed E-state index contributed by atoms with van der Waals surface area (Å²) in [6.07, 6.45) is 5.06. The van der Waals surface area contributed by atoms with Crippen LogP contribution in [0.5, 0.6) is 0 Å². The average molecular weight is 150 g/mol. The van der Waals surface area contributed by atoms with Gasteiger partial charge in [0.05, 0.1) is 12.4 Å². The molecule has 1 aromatic heterocycles. The van der Waals surface area contributed by atoms with Crippen LogP contribution in [0.4, 0.5) is 0 Å². The minimum Gasteiger partial charge on any atom is -0.159 e. The van der Waals surface area contributed by atoms with E-state index in [0.29, 0.717) is 0 Å². The van der Waals surface area contributed by atoms with Crippen LogP contribution in [0.15, 0.2) is 34.9 Å². The Morgan fingerprint density at radius 2 is 2.40 bits per heavy atom. The fourth-order valence-corrected chi connectivity index (χ4v) is 0.782. The Bertz CT molecular complexity index is 174. The Morgan fingerprint density at radius 3 is 2.60 bits per heavy atom. The van der Waals surface area contributed by atoms with E-state index >= 15 is 0 Å². The standard InChI is InChI=1S/C4H3S.C3H3N2/c2*1-2-4-5-3-1/h2*1-3H. The van der Waals surface area contributed by atoms with Crippen LogP contribution in [-0.4, -0.2) is 6.21 Å². The molecule has 10 heavy (non-hydrogen) atoms. The third-order valence-electron chi connectivity index (χ3n) is 0.751. The topological polar surface area (TPSA) is 26.5 Å². The highest BCUT2D eigenvalue weighted by Gasteiger charge is 1.72. The lowest BCUT2D eigenvalue weighted by atomic mass is 10.7. The number of rotatable bonds is 0. The van der Waals surface area contributed by atoms with E-state index in [1.54, 1.807) is 29.8 Å². The Morgan fingerprint density at radius 1 is 1.40 bits per heavy atom. The highest BCUT2D eigenvalue weighted by molar-refractivity contribution is 7.07. The number of hydrogen-bond donors (Lipinski definition) is 0. The molecule has 0 aliphatic carbocycles. The molecule has 1 aliphatic heterocycles. The first kappa shape index (κ1) is 7.02. The van der Waals surface area contributed by atoms with Crippen molar-refractivity contribution in [2.75, 3.05) is 0 Å². The summed E-state index contributed by atoms with van der Waals surface area (Å²) in [7, 11) is 0. The summed E-state index contributed by atoms with van der Waals surface area (Å²) >= 11 is 1.59. The smallest absolute Gasteiger partial charge is 0.0511 e. The van der Waals surface area contributed by atoms with Crippen molar-refractivity contribution in [3.8, 4) is 0 Å². The Balaban J connectivity index is 0.0000001000. The molecule has 3 heteroatoms. The first-order valence-electron chi connectivity index (χ1n) is 2.78. The van der Waals surface area contributed by atoms with Gasteiger partial charge in [-0.15, -0.1) is 11.3 Å². The average Bonchev–Trinajstić information content (AvgIpc) is 2.67. The van der Waals surface area contributed by atoms with Gasteiger partial charge in [-0.1, -0.05) is 6.07 Å². The lowest BCUT2D eigenvalue weighted by Crippen LogP contribution is -1.69. The monoisotopic (exact) mass is 150 g/mol. The SMILES string of the molecule is C1=C[N]N=C1.[c]1cccs1. The predicted octanol–water partition coefficient (Wildman–Crippen LogP) is 1.65. The van der Waals surface area contributed by atoms with Crippen LogP contribution < -0.4 is 5.43 Å². The molecule has 0 N–H and O–H groups in total. The summed E-state index contributed by atoms with van der Waals surface area (Å²) < 4.78 is 0. The van der Waals surface area contributed by atoms with Gasteiger partial charge in [0.2, 0.25) is 0 Å². The second kappa shape index (κ2) is 4.76. The quantitative estimate of drug-likeness (QED) is 0.537. The lowest BCUT2D eigenvalue weighted by Gasteiger charge is -1.62. The van der Waals surface area contributed by atoms with Crippen LogP contribution >= 0.6 is 11.3 Å². The third-order valence-corrected chi connectivity index (χ3v) is 1.32. The van der Waals surface area contributed by atoms with Gasteiger partial charge in [0.25, 0.3) is 0 Å². The Labute approximate surface area is 63.9 Å². The second-order valence-electron chi connectivity index (χ2n) is 1.45. The molecule has 0 spiro atoms. The van der Waals surface area contributed by atoms with E-state index in [2.05, 4.69) is 15.9 Å². The number of allylic oxidation sites excluding steroid dienone is 1. The van der Waals surface area contributed by atoms with Crippen molar-refractivity contribution in [1.82, 2.24) is 5.43 Å². The van der Waals surface area contributed by atoms with Crippen LogP contribution in [0.1, 0.15) is 0 Å². The molecule has 2 nitrogen and oxygen atoms in total. The molecule has 50 valence electrons. The van der Waals surface area contributed by atoms with Gasteiger partial charge < -0.3 is 0 Å². The maximum absolute atomic E-state index is 3.47. The minimum absolute atomic E-state index is 1.59. The third kappa shape index (κ3) is 3.04. The van der Waals surface area contributed by atoms with Crippen molar-refractivity contribution < 1.29 is 0 Å². The van der Waals surface area contributed by atoms with E-state index in [1.807, 2.05) is 17.5 Å². The summed E-state index contributed by atoms with van der Waals surface area (Å²) in [6.45, 7) is 0. The highest BCUT2D eigenvalue weighted by Crippen LogP contribution is 1.90. The molecule has 2 rings (SSSR count). The molecule has 2 heterocycles. The van der Waals surface area contributed by atoms with Crippen LogP contribution in [0, 0.1) is 5.38 Å². The molecular weight excluding hydrogens is 144 g/mol. The van der Waals surface area contributed by atoms with Gasteiger partial charge >= 0.3 is 0 Å². The van der Waals surface area contributed by atoms with Crippen molar-refractivity contribution in [3.05, 3.63) is 35.2 Å². The first-order valence-corrected chi connectivity index (χ1v) is 3.66. The maximum atomic E-state index is 3.47. The summed E-state index contributed by atoms with van der Waals surface area (Å²) in [6, 6.07) is 3.86. The van der Waals surface area contributed by atoms with Crippen LogP contribution in [0.2, 0.25) is 0 Å². The first-order chi connectivity index (χ1) is 5.00. The van der Waals surface area contributed by atoms with Crippen molar-refractivity contribution in [2.24, 2.45) is 5.10 Å². The molecule has 2 radical (unpaired) electrons. The Kier molecular flexibility index (Phi) is 3.34. The van der Waals surface area contributed by atoms with E-state index in [9.17, 15) is 0 Å². The second-order valence-corrected chi connectivity index (χ2v) is 2.20. The largest absolute Gasteiger partial charge is 0.159 e. The van der Waals surface area contributed by atoms with Gasteiger partial charge in [-0.3, -0.25) is 0 Å². The van der Waals surface area contributed by atoms with E-state index in [0.717, 1.165) is 0 Å². The summed E-state index contributed by atoms with van der Waals surface area (Å²) in [5, 5.41) is 8.36. The molecule has 0 saturated heterocycles. The van der Waals surface area contributed by atoms with E-state index in [4.69, 9.17) is 0 Å². The fourth-order valence-electron chi connectivity index (χ4n) is 0.389. The lowest BCUT2D eigenvalue weighted by molar-refractivity contribution is 0.977. The molecule has 0 saturated carbocycles. The predicted molar refractivity (Wildman–Crippen MR) is 42.9 cm³/mol. The van der Waals surface area contributed by atoms with Gasteiger partial charge in [0, 0.05) is 5.38 Å². The van der Waals surface area contributed by atoms with Crippen LogP contribution in [0.3, 0.4) is 0 Å². The Hall–Kier alpha value is -1.09. The number of hydrogen-bond acceptors (Lipinski definition) is 2. The van der Waals surface area contributed by atoms with Crippen LogP contribution in [-0.2, 0) is 0 Å². The zero-order chi connectivity index (χ0) is 7.07. The maximum Gasteiger partial charge on any atom is 0.0511 e. The van der Waals surface area contributed by atoms with Crippen LogP contribution in [0.25, 0.3) is 0 Å². The molecule has 0 bridgehead atoms. The van der Waals surface area contributed by atoms with Crippen molar-refractivity contribution in [2.45, 2.75) is 0 Å². The number of thiophene rings is 1. The molecule has 1 aliphatic rings. The summed E-state index contributed by atoms with van der Waals surface area (Å²) in [4.78, 5) is 0. The molecule has 0 atom stereocenters. The van der Waals surface area contributed by atoms with Crippen molar-refractivity contribution in [1.29, 1.82) is 0 Å². The van der Waals surface area contributed by atoms with Crippen molar-refractivity contribution in [3.63, 3.8) is 0 Å².